The van der Waals surface area contributed by atoms with Gasteiger partial charge in [0.1, 0.15) is 5.58 Å². The molecule has 1 aliphatic rings. The average molecular weight is 273 g/mol. The maximum Gasteiger partial charge on any atom is 0.310 e. The van der Waals surface area contributed by atoms with Crippen molar-refractivity contribution in [2.45, 2.75) is 20.4 Å². The molecular formula is C16H19NO3. The third-order valence-corrected chi connectivity index (χ3v) is 4.62. The number of benzene rings is 1. The highest BCUT2D eigenvalue weighted by molar-refractivity contribution is 5.80. The summed E-state index contributed by atoms with van der Waals surface area (Å²) in [5.41, 5.74) is 1.36. The van der Waals surface area contributed by atoms with Gasteiger partial charge in [-0.3, -0.25) is 9.69 Å². The Bertz CT molecular complexity index is 648. The number of likely N-dealkylation sites (tertiary alicyclic amines) is 1. The van der Waals surface area contributed by atoms with E-state index in [1.807, 2.05) is 38.1 Å². The molecule has 1 fully saturated rings. The number of carboxylic acid groups (broad SMARTS) is 1. The number of carboxylic acids is 1. The van der Waals surface area contributed by atoms with Crippen molar-refractivity contribution in [2.24, 2.45) is 11.3 Å². The van der Waals surface area contributed by atoms with E-state index in [4.69, 9.17) is 4.42 Å². The zero-order chi connectivity index (χ0) is 14.3. The monoisotopic (exact) mass is 273 g/mol. The van der Waals surface area contributed by atoms with E-state index in [-0.39, 0.29) is 5.92 Å². The predicted octanol–water partition coefficient (Wildman–Crippen LogP) is 2.98. The van der Waals surface area contributed by atoms with Gasteiger partial charge in [-0.15, -0.1) is 0 Å². The molecular weight excluding hydrogens is 254 g/mol. The molecule has 1 aliphatic heterocycles. The molecule has 4 nitrogen and oxygen atoms in total. The summed E-state index contributed by atoms with van der Waals surface area (Å²) in [4.78, 5) is 13.7. The number of furan rings is 1. The lowest BCUT2D eigenvalue weighted by Gasteiger charge is -2.22. The topological polar surface area (TPSA) is 53.7 Å². The Labute approximate surface area is 118 Å². The van der Waals surface area contributed by atoms with Crippen LogP contribution < -0.4 is 0 Å². The summed E-state index contributed by atoms with van der Waals surface area (Å²) in [6, 6.07) is 7.95. The van der Waals surface area contributed by atoms with E-state index in [1.54, 1.807) is 6.26 Å². The number of aliphatic carboxylic acids is 1. The molecule has 1 aromatic carbocycles. The first-order valence-electron chi connectivity index (χ1n) is 6.91. The van der Waals surface area contributed by atoms with E-state index >= 15 is 0 Å². The summed E-state index contributed by atoms with van der Waals surface area (Å²) in [5, 5.41) is 10.5. The number of hydrogen-bond acceptors (Lipinski definition) is 3. The summed E-state index contributed by atoms with van der Waals surface area (Å²) >= 11 is 0. The third kappa shape index (κ3) is 2.00. The molecule has 1 aromatic heterocycles. The Hall–Kier alpha value is -1.81. The van der Waals surface area contributed by atoms with Crippen LogP contribution >= 0.6 is 0 Å². The van der Waals surface area contributed by atoms with Gasteiger partial charge in [0.25, 0.3) is 0 Å². The Morgan fingerprint density at radius 1 is 1.50 bits per heavy atom. The molecule has 1 saturated heterocycles. The fourth-order valence-corrected chi connectivity index (χ4v) is 3.07. The molecule has 0 bridgehead atoms. The minimum Gasteiger partial charge on any atom is -0.481 e. The van der Waals surface area contributed by atoms with Crippen molar-refractivity contribution in [3.05, 3.63) is 36.1 Å². The molecule has 0 radical (unpaired) electrons. The van der Waals surface area contributed by atoms with Crippen molar-refractivity contribution < 1.29 is 14.3 Å². The van der Waals surface area contributed by atoms with Gasteiger partial charge >= 0.3 is 5.97 Å². The molecule has 0 aliphatic carbocycles. The van der Waals surface area contributed by atoms with Gasteiger partial charge in [0, 0.05) is 30.6 Å². The largest absolute Gasteiger partial charge is 0.481 e. The average Bonchev–Trinajstić information content (AvgIpc) is 2.94. The Kier molecular flexibility index (Phi) is 3.05. The van der Waals surface area contributed by atoms with Crippen molar-refractivity contribution in [3.8, 4) is 0 Å². The minimum atomic E-state index is -0.704. The van der Waals surface area contributed by atoms with Crippen LogP contribution in [0.15, 0.2) is 34.9 Å². The molecule has 2 heterocycles. The van der Waals surface area contributed by atoms with Gasteiger partial charge in [-0.05, 0) is 18.9 Å². The maximum atomic E-state index is 11.4. The SMILES string of the molecule is C[C@@H]1CN(Cc2coc3ccccc23)C[C@@]1(C)C(=O)O. The number of carbonyl (C=O) groups is 1. The molecule has 0 saturated carbocycles. The van der Waals surface area contributed by atoms with Crippen molar-refractivity contribution in [1.29, 1.82) is 0 Å². The van der Waals surface area contributed by atoms with Gasteiger partial charge in [-0.1, -0.05) is 25.1 Å². The van der Waals surface area contributed by atoms with E-state index in [1.165, 1.54) is 0 Å². The highest BCUT2D eigenvalue weighted by Gasteiger charge is 2.46. The van der Waals surface area contributed by atoms with E-state index < -0.39 is 11.4 Å². The van der Waals surface area contributed by atoms with Crippen LogP contribution in [-0.4, -0.2) is 29.1 Å². The van der Waals surface area contributed by atoms with Crippen molar-refractivity contribution in [2.75, 3.05) is 13.1 Å². The van der Waals surface area contributed by atoms with Gasteiger partial charge in [-0.25, -0.2) is 0 Å². The van der Waals surface area contributed by atoms with Crippen molar-refractivity contribution in [1.82, 2.24) is 4.90 Å². The molecule has 4 heteroatoms. The fourth-order valence-electron chi connectivity index (χ4n) is 3.07. The first-order valence-corrected chi connectivity index (χ1v) is 6.91. The van der Waals surface area contributed by atoms with Crippen LogP contribution in [0.25, 0.3) is 11.0 Å². The van der Waals surface area contributed by atoms with Gasteiger partial charge in [0.15, 0.2) is 0 Å². The second-order valence-electron chi connectivity index (χ2n) is 6.05. The molecule has 0 unspecified atom stereocenters. The second-order valence-corrected chi connectivity index (χ2v) is 6.05. The Balaban J connectivity index is 1.81. The first-order chi connectivity index (χ1) is 9.50. The molecule has 0 amide bonds. The molecule has 2 atom stereocenters. The third-order valence-electron chi connectivity index (χ3n) is 4.62. The smallest absolute Gasteiger partial charge is 0.310 e. The van der Waals surface area contributed by atoms with Crippen molar-refractivity contribution in [3.63, 3.8) is 0 Å². The highest BCUT2D eigenvalue weighted by Crippen LogP contribution is 2.37. The molecule has 2 aromatic rings. The molecule has 1 N–H and O–H groups in total. The molecule has 3 rings (SSSR count). The molecule has 20 heavy (non-hydrogen) atoms. The maximum absolute atomic E-state index is 11.4. The second kappa shape index (κ2) is 4.63. The van der Waals surface area contributed by atoms with Crippen LogP contribution in [0.1, 0.15) is 19.4 Å². The van der Waals surface area contributed by atoms with Gasteiger partial charge < -0.3 is 9.52 Å². The minimum absolute atomic E-state index is 0.151. The fraction of sp³-hybridized carbons (Fsp3) is 0.438. The van der Waals surface area contributed by atoms with Crippen LogP contribution in [-0.2, 0) is 11.3 Å². The number of para-hydroxylation sites is 1. The zero-order valence-corrected chi connectivity index (χ0v) is 11.8. The Morgan fingerprint density at radius 3 is 2.95 bits per heavy atom. The molecule has 0 spiro atoms. The highest BCUT2D eigenvalue weighted by atomic mass is 16.4. The first kappa shape index (κ1) is 13.2. The number of rotatable bonds is 3. The summed E-state index contributed by atoms with van der Waals surface area (Å²) in [7, 11) is 0. The van der Waals surface area contributed by atoms with Crippen LogP contribution in [0.5, 0.6) is 0 Å². The van der Waals surface area contributed by atoms with Crippen LogP contribution in [0.3, 0.4) is 0 Å². The number of fused-ring (bicyclic) bond motifs is 1. The van der Waals surface area contributed by atoms with Gasteiger partial charge in [-0.2, -0.15) is 0 Å². The lowest BCUT2D eigenvalue weighted by atomic mass is 9.81. The predicted molar refractivity (Wildman–Crippen MR) is 76.4 cm³/mol. The van der Waals surface area contributed by atoms with Gasteiger partial charge in [0.2, 0.25) is 0 Å². The Morgan fingerprint density at radius 2 is 2.25 bits per heavy atom. The van der Waals surface area contributed by atoms with Crippen LogP contribution in [0.2, 0.25) is 0 Å². The lowest BCUT2D eigenvalue weighted by molar-refractivity contribution is -0.149. The number of hydrogen-bond donors (Lipinski definition) is 1. The van der Waals surface area contributed by atoms with Crippen LogP contribution in [0.4, 0.5) is 0 Å². The summed E-state index contributed by atoms with van der Waals surface area (Å²) < 4.78 is 5.54. The van der Waals surface area contributed by atoms with E-state index in [2.05, 4.69) is 4.90 Å². The summed E-state index contributed by atoms with van der Waals surface area (Å²) in [5.74, 6) is -0.553. The van der Waals surface area contributed by atoms with E-state index in [0.717, 1.165) is 29.6 Å². The number of nitrogens with zero attached hydrogens (tertiary/aromatic N) is 1. The standard InChI is InChI=1S/C16H19NO3/c1-11-7-17(10-16(11,2)15(18)19)8-12-9-20-14-6-4-3-5-13(12)14/h3-6,9,11H,7-8,10H2,1-2H3,(H,18,19)/t11-,16-/m1/s1. The van der Waals surface area contributed by atoms with Crippen LogP contribution in [0, 0.1) is 11.3 Å². The van der Waals surface area contributed by atoms with E-state index in [9.17, 15) is 9.90 Å². The summed E-state index contributed by atoms with van der Waals surface area (Å²) in [6.45, 7) is 5.99. The van der Waals surface area contributed by atoms with Gasteiger partial charge in [0.05, 0.1) is 11.7 Å². The molecule has 106 valence electrons. The normalized spacial score (nSPS) is 27.2. The van der Waals surface area contributed by atoms with E-state index in [0.29, 0.717) is 6.54 Å². The zero-order valence-electron chi connectivity index (χ0n) is 11.8. The quantitative estimate of drug-likeness (QED) is 0.934. The van der Waals surface area contributed by atoms with Crippen molar-refractivity contribution >= 4 is 16.9 Å². The summed E-state index contributed by atoms with van der Waals surface area (Å²) in [6.07, 6.45) is 1.78. The lowest BCUT2D eigenvalue weighted by Crippen LogP contribution is -2.34.